The third kappa shape index (κ3) is 8.93. The van der Waals surface area contributed by atoms with Crippen LogP contribution in [0.25, 0.3) is 0 Å². The van der Waals surface area contributed by atoms with Crippen LogP contribution in [-0.2, 0) is 59.0 Å². The summed E-state index contributed by atoms with van der Waals surface area (Å²) >= 11 is 0. The van der Waals surface area contributed by atoms with E-state index in [0.29, 0.717) is 0 Å². The van der Waals surface area contributed by atoms with Crippen LogP contribution in [-0.4, -0.2) is 73.0 Å². The fourth-order valence-corrected chi connectivity index (χ4v) is 3.69. The Balaban J connectivity index is 2.28. The Kier molecular flexibility index (Phi) is 10.8. The van der Waals surface area contributed by atoms with E-state index in [2.05, 4.69) is 0 Å². The van der Waals surface area contributed by atoms with E-state index in [1.54, 1.807) is 24.3 Å². The predicted octanol–water partition coefficient (Wildman–Crippen LogP) is 0.573. The minimum Gasteiger partial charge on any atom is -0.463 e. The summed E-state index contributed by atoms with van der Waals surface area (Å²) in [7, 11) is 0. The molecule has 0 saturated carbocycles. The van der Waals surface area contributed by atoms with Gasteiger partial charge >= 0.3 is 29.8 Å². The Morgan fingerprint density at radius 1 is 0.778 bits per heavy atom. The van der Waals surface area contributed by atoms with Crippen molar-refractivity contribution in [3.8, 4) is 0 Å². The standard InChI is InChI=1S/C24H31NO11/c1-13(26)31-12-20-22(34-15(3)28)23(35-16(4)29)21(33-14(2)27)19(36-20)10-18(25)24(30)32-11-17-8-6-5-7-9-17/h5-9,18-23H,10-12,25H2,1-4H3/t18?,19-,20+,21-,22-,23+/m0/s1. The molecule has 0 aliphatic carbocycles. The highest BCUT2D eigenvalue weighted by atomic mass is 16.7. The summed E-state index contributed by atoms with van der Waals surface area (Å²) in [5, 5.41) is 0. The first-order valence-corrected chi connectivity index (χ1v) is 11.2. The van der Waals surface area contributed by atoms with Crippen LogP contribution in [0.15, 0.2) is 30.3 Å². The van der Waals surface area contributed by atoms with Gasteiger partial charge in [-0.25, -0.2) is 0 Å². The number of hydrogen-bond acceptors (Lipinski definition) is 12. The minimum atomic E-state index is -1.33. The molecule has 1 aliphatic heterocycles. The van der Waals surface area contributed by atoms with Crippen molar-refractivity contribution in [1.82, 2.24) is 0 Å². The maximum Gasteiger partial charge on any atom is 0.323 e. The highest BCUT2D eigenvalue weighted by Crippen LogP contribution is 2.31. The smallest absolute Gasteiger partial charge is 0.323 e. The number of hydrogen-bond donors (Lipinski definition) is 1. The quantitative estimate of drug-likeness (QED) is 0.345. The van der Waals surface area contributed by atoms with Gasteiger partial charge in [0.15, 0.2) is 18.3 Å². The zero-order chi connectivity index (χ0) is 26.8. The number of carbonyl (C=O) groups is 5. The average Bonchev–Trinajstić information content (AvgIpc) is 2.79. The second-order valence-corrected chi connectivity index (χ2v) is 8.17. The molecule has 1 aromatic carbocycles. The van der Waals surface area contributed by atoms with Gasteiger partial charge in [-0.15, -0.1) is 0 Å². The van der Waals surface area contributed by atoms with E-state index in [-0.39, 0.29) is 19.6 Å². The fraction of sp³-hybridized carbons (Fsp3) is 0.542. The van der Waals surface area contributed by atoms with Gasteiger partial charge < -0.3 is 34.2 Å². The molecule has 1 aromatic rings. The van der Waals surface area contributed by atoms with Crippen molar-refractivity contribution < 1.29 is 52.4 Å². The van der Waals surface area contributed by atoms with Crippen molar-refractivity contribution in [2.24, 2.45) is 5.73 Å². The summed E-state index contributed by atoms with van der Waals surface area (Å²) < 4.78 is 32.3. The van der Waals surface area contributed by atoms with Crippen LogP contribution in [0.2, 0.25) is 0 Å². The third-order valence-corrected chi connectivity index (χ3v) is 5.10. The van der Waals surface area contributed by atoms with Crippen LogP contribution < -0.4 is 5.73 Å². The van der Waals surface area contributed by atoms with Gasteiger partial charge in [0.05, 0.1) is 0 Å². The van der Waals surface area contributed by atoms with Gasteiger partial charge in [0.2, 0.25) is 0 Å². The highest BCUT2D eigenvalue weighted by Gasteiger charge is 2.52. The van der Waals surface area contributed by atoms with Crippen LogP contribution in [0.3, 0.4) is 0 Å². The first-order valence-electron chi connectivity index (χ1n) is 11.2. The van der Waals surface area contributed by atoms with Gasteiger partial charge in [-0.3, -0.25) is 24.0 Å². The molecule has 1 aliphatic rings. The zero-order valence-electron chi connectivity index (χ0n) is 20.5. The van der Waals surface area contributed by atoms with Crippen molar-refractivity contribution >= 4 is 29.8 Å². The molecule has 0 bridgehead atoms. The van der Waals surface area contributed by atoms with E-state index >= 15 is 0 Å². The van der Waals surface area contributed by atoms with Crippen molar-refractivity contribution in [3.05, 3.63) is 35.9 Å². The fourth-order valence-electron chi connectivity index (χ4n) is 3.69. The van der Waals surface area contributed by atoms with E-state index in [0.717, 1.165) is 26.3 Å². The molecule has 2 N–H and O–H groups in total. The lowest BCUT2D eigenvalue weighted by atomic mass is 9.91. The molecule has 12 nitrogen and oxygen atoms in total. The summed E-state index contributed by atoms with van der Waals surface area (Å²) in [5.74, 6) is -3.62. The van der Waals surface area contributed by atoms with Crippen molar-refractivity contribution in [1.29, 1.82) is 0 Å². The summed E-state index contributed by atoms with van der Waals surface area (Å²) in [6.45, 7) is 4.16. The Bertz CT molecular complexity index is 935. The Morgan fingerprint density at radius 3 is 1.83 bits per heavy atom. The van der Waals surface area contributed by atoms with Crippen LogP contribution >= 0.6 is 0 Å². The molecule has 6 atom stereocenters. The molecular formula is C24H31NO11. The summed E-state index contributed by atoms with van der Waals surface area (Å²) in [5.41, 5.74) is 6.82. The molecule has 0 amide bonds. The summed E-state index contributed by atoms with van der Waals surface area (Å²) in [6, 6.07) is 7.74. The predicted molar refractivity (Wildman–Crippen MR) is 121 cm³/mol. The molecular weight excluding hydrogens is 478 g/mol. The van der Waals surface area contributed by atoms with Gasteiger partial charge in [0.25, 0.3) is 0 Å². The van der Waals surface area contributed by atoms with Gasteiger partial charge in [-0.2, -0.15) is 0 Å². The van der Waals surface area contributed by atoms with Crippen molar-refractivity contribution in [2.45, 2.75) is 77.3 Å². The molecule has 0 radical (unpaired) electrons. The molecule has 12 heteroatoms. The largest absolute Gasteiger partial charge is 0.463 e. The normalized spacial score (nSPS) is 24.1. The van der Waals surface area contributed by atoms with E-state index in [9.17, 15) is 24.0 Å². The van der Waals surface area contributed by atoms with Gasteiger partial charge in [-0.05, 0) is 5.56 Å². The monoisotopic (exact) mass is 509 g/mol. The van der Waals surface area contributed by atoms with Crippen molar-refractivity contribution in [3.63, 3.8) is 0 Å². The zero-order valence-corrected chi connectivity index (χ0v) is 20.5. The second-order valence-electron chi connectivity index (χ2n) is 8.17. The molecule has 1 fully saturated rings. The number of benzene rings is 1. The number of nitrogens with two attached hydrogens (primary N) is 1. The number of carbonyl (C=O) groups excluding carboxylic acids is 5. The molecule has 1 saturated heterocycles. The van der Waals surface area contributed by atoms with E-state index in [1.807, 2.05) is 6.07 Å². The topological polar surface area (TPSA) is 167 Å². The Hall–Kier alpha value is -3.51. The molecule has 0 spiro atoms. The van der Waals surface area contributed by atoms with Gasteiger partial charge in [-0.1, -0.05) is 30.3 Å². The molecule has 1 heterocycles. The summed E-state index contributed by atoms with van der Waals surface area (Å²) in [4.78, 5) is 59.5. The first-order chi connectivity index (χ1) is 17.0. The molecule has 198 valence electrons. The number of esters is 5. The molecule has 0 aromatic heterocycles. The van der Waals surface area contributed by atoms with Gasteiger partial charge in [0, 0.05) is 34.1 Å². The molecule has 36 heavy (non-hydrogen) atoms. The lowest BCUT2D eigenvalue weighted by Gasteiger charge is -2.44. The number of ether oxygens (including phenoxy) is 6. The maximum absolute atomic E-state index is 12.5. The van der Waals surface area contributed by atoms with E-state index < -0.39 is 66.4 Å². The van der Waals surface area contributed by atoms with Crippen LogP contribution in [0.1, 0.15) is 39.7 Å². The lowest BCUT2D eigenvalue weighted by molar-refractivity contribution is -0.253. The maximum atomic E-state index is 12.5. The summed E-state index contributed by atoms with van der Waals surface area (Å²) in [6.07, 6.45) is -6.35. The molecule has 1 unspecified atom stereocenters. The van der Waals surface area contributed by atoms with Crippen LogP contribution in [0, 0.1) is 0 Å². The van der Waals surface area contributed by atoms with E-state index in [1.165, 1.54) is 6.92 Å². The molecule has 2 rings (SSSR count). The van der Waals surface area contributed by atoms with Crippen LogP contribution in [0.5, 0.6) is 0 Å². The van der Waals surface area contributed by atoms with Crippen LogP contribution in [0.4, 0.5) is 0 Å². The number of rotatable bonds is 10. The minimum absolute atomic E-state index is 0.00799. The third-order valence-electron chi connectivity index (χ3n) is 5.10. The van der Waals surface area contributed by atoms with Crippen molar-refractivity contribution in [2.75, 3.05) is 6.61 Å². The lowest BCUT2D eigenvalue weighted by Crippen LogP contribution is -2.63. The van der Waals surface area contributed by atoms with E-state index in [4.69, 9.17) is 34.2 Å². The Labute approximate surface area is 208 Å². The first kappa shape index (κ1) is 28.7. The second kappa shape index (κ2) is 13.5. The highest BCUT2D eigenvalue weighted by molar-refractivity contribution is 5.75. The SMILES string of the molecule is CC(=O)OC[C@H]1O[C@@H](CC(N)C(=O)OCc2ccccc2)[C@H](OC(C)=O)[C@@H](OC(C)=O)[C@H]1OC(C)=O. The Morgan fingerprint density at radius 2 is 1.31 bits per heavy atom. The average molecular weight is 510 g/mol. The van der Waals surface area contributed by atoms with Gasteiger partial charge in [0.1, 0.15) is 31.5 Å².